The van der Waals surface area contributed by atoms with Gasteiger partial charge in [-0.15, -0.1) is 11.6 Å². The van der Waals surface area contributed by atoms with Crippen LogP contribution in [0.4, 0.5) is 0 Å². The average Bonchev–Trinajstić information content (AvgIpc) is 4.06. The lowest BCUT2D eigenvalue weighted by atomic mass is 9.69. The summed E-state index contributed by atoms with van der Waals surface area (Å²) in [5.74, 6) is 1.34. The Balaban J connectivity index is 0.000000532. The van der Waals surface area contributed by atoms with Crippen LogP contribution in [0.2, 0.25) is 0 Å². The number of aliphatic hydroxyl groups excluding tert-OH is 1. The molecule has 6 aromatic rings. The molecule has 3 atom stereocenters. The number of halogens is 1. The van der Waals surface area contributed by atoms with Crippen molar-refractivity contribution in [2.45, 2.75) is 138 Å². The molecule has 0 spiro atoms. The summed E-state index contributed by atoms with van der Waals surface area (Å²) in [6, 6.07) is 26.6. The molecule has 0 saturated carbocycles. The molecule has 3 heterocycles. The summed E-state index contributed by atoms with van der Waals surface area (Å²) in [6.45, 7) is 21.3. The summed E-state index contributed by atoms with van der Waals surface area (Å²) in [7, 11) is 12.4. The monoisotopic (exact) mass is 1080 g/mol. The van der Waals surface area contributed by atoms with Crippen molar-refractivity contribution in [3.05, 3.63) is 88.4 Å². The Morgan fingerprint density at radius 2 is 1.03 bits per heavy atom. The van der Waals surface area contributed by atoms with Crippen molar-refractivity contribution in [3.8, 4) is 18.2 Å². The number of fused-ring (bicyclic) bond motifs is 3. The van der Waals surface area contributed by atoms with E-state index in [1.807, 2.05) is 42.2 Å². The van der Waals surface area contributed by atoms with Crippen LogP contribution in [0.1, 0.15) is 142 Å². The Hall–Kier alpha value is -6.31. The Bertz CT molecular complexity index is 2860. The van der Waals surface area contributed by atoms with E-state index in [1.165, 1.54) is 10.8 Å². The maximum absolute atomic E-state index is 10.8. The minimum absolute atomic E-state index is 0. The van der Waals surface area contributed by atoms with E-state index < -0.39 is 10.8 Å². The summed E-state index contributed by atoms with van der Waals surface area (Å²) < 4.78 is 5.75. The average molecular weight is 1080 g/mol. The number of aliphatic hydroxyl groups is 1. The summed E-state index contributed by atoms with van der Waals surface area (Å²) >= 11 is 5.36. The maximum atomic E-state index is 10.8. The first-order valence-corrected chi connectivity index (χ1v) is 27.4. The van der Waals surface area contributed by atoms with Crippen molar-refractivity contribution < 1.29 is 14.7 Å². The number of hydrogen-bond acceptors (Lipinski definition) is 10. The molecular weight excluding hydrogens is 984 g/mol. The highest BCUT2D eigenvalue weighted by molar-refractivity contribution is 6.17. The van der Waals surface area contributed by atoms with Gasteiger partial charge in [0.25, 0.3) is 0 Å². The third-order valence-electron chi connectivity index (χ3n) is 14.5. The number of nitrogens with zero attached hydrogens (tertiary/aromatic N) is 11. The normalized spacial score (nSPS) is 12.6. The van der Waals surface area contributed by atoms with Gasteiger partial charge in [-0.3, -0.25) is 23.6 Å². The Labute approximate surface area is 467 Å². The van der Waals surface area contributed by atoms with E-state index >= 15 is 0 Å². The van der Waals surface area contributed by atoms with E-state index in [9.17, 15) is 25.4 Å². The molecule has 2 N–H and O–H groups in total. The molecule has 0 radical (unpaired) electrons. The van der Waals surface area contributed by atoms with E-state index in [0.717, 1.165) is 140 Å². The molecule has 0 saturated heterocycles. The number of nitriles is 3. The molecule has 15 nitrogen and oxygen atoms in total. The van der Waals surface area contributed by atoms with Gasteiger partial charge in [0.05, 0.1) is 68.6 Å². The van der Waals surface area contributed by atoms with Gasteiger partial charge in [0, 0.05) is 77.5 Å². The Morgan fingerprint density at radius 3 is 1.35 bits per heavy atom. The molecule has 3 aromatic heterocycles. The number of amides is 2. The van der Waals surface area contributed by atoms with Crippen LogP contribution in [-0.2, 0) is 60.8 Å². The molecule has 0 aliphatic heterocycles. The topological polar surface area (TPSA) is 198 Å². The predicted octanol–water partition coefficient (Wildman–Crippen LogP) is 11.3. The lowest BCUT2D eigenvalue weighted by Gasteiger charge is -2.32. The van der Waals surface area contributed by atoms with Gasteiger partial charge in [-0.05, 0) is 118 Å². The van der Waals surface area contributed by atoms with Crippen molar-refractivity contribution in [3.63, 3.8) is 0 Å². The number of nitrogens with one attached hydrogen (secondary N) is 1. The highest BCUT2D eigenvalue weighted by Gasteiger charge is 2.37. The zero-order chi connectivity index (χ0) is 57.3. The zero-order valence-electron chi connectivity index (χ0n) is 48.7. The molecule has 0 aliphatic rings. The largest absolute Gasteiger partial charge is 0.400 e. The fourth-order valence-electron chi connectivity index (χ4n) is 9.75. The van der Waals surface area contributed by atoms with Gasteiger partial charge in [-0.1, -0.05) is 106 Å². The first-order valence-electron chi connectivity index (χ1n) is 26.8. The van der Waals surface area contributed by atoms with Crippen LogP contribution in [0.15, 0.2) is 54.6 Å². The highest BCUT2D eigenvalue weighted by atomic mass is 35.5. The maximum Gasteiger partial charge on any atom is 0.209 e. The highest BCUT2D eigenvalue weighted by Crippen LogP contribution is 2.40. The van der Waals surface area contributed by atoms with E-state index in [1.54, 1.807) is 23.9 Å². The SMILES string of the molecule is C.CCc1nn(C)c2cc(C(C#N)(CCCN(C)C=O)C(C)C)ccc12.CCc1nn(C)c2cc(C(C#N)(CCCNC)C(C)C)ccc12.CCc1nn(C)c2cc(C(C#N)C(C)C)ccc12.CN(C=O)CCCCl.CO. The second-order valence-corrected chi connectivity index (χ2v) is 20.7. The smallest absolute Gasteiger partial charge is 0.209 e. The second kappa shape index (κ2) is 33.8. The minimum Gasteiger partial charge on any atom is -0.400 e. The number of rotatable bonds is 22. The quantitative estimate of drug-likeness (QED) is 0.0375. The number of aryl methyl sites for hydroxylation is 6. The van der Waals surface area contributed by atoms with E-state index in [4.69, 9.17) is 16.7 Å². The van der Waals surface area contributed by atoms with Crippen LogP contribution in [0.5, 0.6) is 0 Å². The molecule has 16 heteroatoms. The van der Waals surface area contributed by atoms with Gasteiger partial charge in [0.2, 0.25) is 12.8 Å². The molecule has 0 bridgehead atoms. The second-order valence-electron chi connectivity index (χ2n) is 20.4. The van der Waals surface area contributed by atoms with Crippen molar-refractivity contribution in [1.29, 1.82) is 15.8 Å². The van der Waals surface area contributed by atoms with Gasteiger partial charge in [0.15, 0.2) is 0 Å². The molecule has 422 valence electrons. The van der Waals surface area contributed by atoms with E-state index in [0.29, 0.717) is 18.3 Å². The molecule has 77 heavy (non-hydrogen) atoms. The number of hydrogen-bond donors (Lipinski definition) is 2. The predicted molar refractivity (Wildman–Crippen MR) is 318 cm³/mol. The van der Waals surface area contributed by atoms with Gasteiger partial charge in [0.1, 0.15) is 0 Å². The summed E-state index contributed by atoms with van der Waals surface area (Å²) in [4.78, 5) is 23.9. The number of carbonyl (C=O) groups excluding carboxylic acids is 2. The molecule has 0 aliphatic carbocycles. The molecule has 2 amide bonds. The summed E-state index contributed by atoms with van der Waals surface area (Å²) in [5.41, 5.74) is 8.87. The van der Waals surface area contributed by atoms with Crippen LogP contribution >= 0.6 is 11.6 Å². The van der Waals surface area contributed by atoms with Gasteiger partial charge >= 0.3 is 0 Å². The lowest BCUT2D eigenvalue weighted by molar-refractivity contribution is -0.117. The first-order chi connectivity index (χ1) is 36.3. The van der Waals surface area contributed by atoms with Crippen LogP contribution in [0, 0.1) is 51.7 Å². The first kappa shape index (κ1) is 68.7. The van der Waals surface area contributed by atoms with Crippen LogP contribution in [0.25, 0.3) is 32.7 Å². The standard InChI is InChI=1S/C20H28N4O.C19H28N4.C15H19N3.C5H10ClNO.CH4O.CH4/c1-6-18-17-9-8-16(12-19(17)24(5)22-18)20(13-21,15(2)3)10-7-11-23(4)14-25;1-6-17-16-9-8-15(12-18(16)23(5)22-17)19(13-20,14(2)3)10-7-11-21-4;1-5-14-12-7-6-11(13(9-16)10(2)3)8-15(12)18(4)17-14;1-7(5-8)4-2-3-6;1-2;/h8-9,12,14-15H,6-7,10-11H2,1-5H3;8-9,12,14,21H,6-7,10-11H2,1-5H3;6-8,10,13H,5H2,1-4H3;5H,2-4H2,1H3;2H,1H3;1H4. The number of aromatic nitrogens is 6. The van der Waals surface area contributed by atoms with Crippen LogP contribution in [0.3, 0.4) is 0 Å². The van der Waals surface area contributed by atoms with Crippen molar-refractivity contribution in [1.82, 2.24) is 44.5 Å². The molecule has 0 fully saturated rings. The summed E-state index contributed by atoms with van der Waals surface area (Å²) in [5, 5.41) is 56.8. The van der Waals surface area contributed by atoms with Gasteiger partial charge in [-0.2, -0.15) is 31.1 Å². The summed E-state index contributed by atoms with van der Waals surface area (Å²) in [6.07, 6.45) is 8.63. The fraction of sp³-hybridized carbons (Fsp3) is 0.574. The molecule has 3 unspecified atom stereocenters. The van der Waals surface area contributed by atoms with Crippen molar-refractivity contribution in [2.24, 2.45) is 38.9 Å². The third-order valence-corrected chi connectivity index (χ3v) is 14.7. The molecule has 6 rings (SSSR count). The lowest BCUT2D eigenvalue weighted by Crippen LogP contribution is -2.32. The van der Waals surface area contributed by atoms with Crippen LogP contribution < -0.4 is 5.32 Å². The van der Waals surface area contributed by atoms with Crippen LogP contribution in [-0.4, -0.2) is 111 Å². The van der Waals surface area contributed by atoms with Crippen molar-refractivity contribution in [2.75, 3.05) is 53.8 Å². The number of benzene rings is 3. The number of alkyl halides is 1. The van der Waals surface area contributed by atoms with Gasteiger partial charge < -0.3 is 20.2 Å². The Kier molecular flexibility index (Phi) is 30.1. The molecule has 3 aromatic carbocycles. The zero-order valence-corrected chi connectivity index (χ0v) is 49.5. The van der Waals surface area contributed by atoms with Gasteiger partial charge in [-0.25, -0.2) is 0 Å². The van der Waals surface area contributed by atoms with E-state index in [-0.39, 0.29) is 25.2 Å². The van der Waals surface area contributed by atoms with Crippen molar-refractivity contribution >= 4 is 57.1 Å². The fourth-order valence-corrected chi connectivity index (χ4v) is 9.87. The minimum atomic E-state index is -0.561. The number of carbonyl (C=O) groups is 2. The Morgan fingerprint density at radius 1 is 0.649 bits per heavy atom. The van der Waals surface area contributed by atoms with E-state index in [2.05, 4.69) is 156 Å². The third kappa shape index (κ3) is 17.3. The molecular formula is C61H93ClN12O3.